The highest BCUT2D eigenvalue weighted by Crippen LogP contribution is 2.38. The number of carbonyl (C=O) groups excluding carboxylic acids is 1. The van der Waals surface area contributed by atoms with Crippen LogP contribution in [0.15, 0.2) is 48.7 Å². The van der Waals surface area contributed by atoms with E-state index < -0.39 is 41.9 Å². The summed E-state index contributed by atoms with van der Waals surface area (Å²) < 4.78 is 74.2. The van der Waals surface area contributed by atoms with Gasteiger partial charge in [0.05, 0.1) is 23.9 Å². The summed E-state index contributed by atoms with van der Waals surface area (Å²) in [5, 5.41) is 12.1. The summed E-state index contributed by atoms with van der Waals surface area (Å²) in [5.41, 5.74) is 0.688. The maximum absolute atomic E-state index is 13.8. The van der Waals surface area contributed by atoms with Crippen molar-refractivity contribution in [3.8, 4) is 22.6 Å². The fourth-order valence-electron chi connectivity index (χ4n) is 4.07. The van der Waals surface area contributed by atoms with Crippen LogP contribution in [0, 0.1) is 12.7 Å². The van der Waals surface area contributed by atoms with E-state index >= 15 is 0 Å². The molecule has 1 aromatic heterocycles. The maximum atomic E-state index is 13.8. The minimum atomic E-state index is -3.23. The molecule has 3 aromatic rings. The van der Waals surface area contributed by atoms with Gasteiger partial charge in [-0.15, -0.1) is 0 Å². The van der Waals surface area contributed by atoms with Gasteiger partial charge in [0, 0.05) is 25.2 Å². The number of likely N-dealkylation sites (N-methyl/N-ethyl adjacent to an activating group) is 1. The molecule has 0 aliphatic carbocycles. The van der Waals surface area contributed by atoms with Gasteiger partial charge in [-0.1, -0.05) is 6.07 Å². The minimum Gasteiger partial charge on any atom is -0.435 e. The first kappa shape index (κ1) is 29.6. The topological polar surface area (TPSA) is 83.9 Å². The zero-order valence-corrected chi connectivity index (χ0v) is 21.6. The lowest BCUT2D eigenvalue weighted by molar-refractivity contribution is -0.122. The highest BCUT2D eigenvalue weighted by molar-refractivity contribution is 6.03. The summed E-state index contributed by atoms with van der Waals surface area (Å²) in [5.74, 6) is -1.49. The fraction of sp³-hybridized carbons (Fsp3) is 0.333. The molecule has 7 nitrogen and oxygen atoms in total. The Morgan fingerprint density at radius 2 is 1.64 bits per heavy atom. The van der Waals surface area contributed by atoms with Crippen LogP contribution < -0.4 is 19.7 Å². The summed E-state index contributed by atoms with van der Waals surface area (Å²) >= 11 is 0. The average molecular weight is 554 g/mol. The number of rotatable bonds is 11. The molecule has 210 valence electrons. The first-order valence-corrected chi connectivity index (χ1v) is 11.8. The van der Waals surface area contributed by atoms with E-state index in [4.69, 9.17) is 5.11 Å². The fourth-order valence-corrected chi connectivity index (χ4v) is 4.07. The molecule has 39 heavy (non-hydrogen) atoms. The number of alkyl halides is 4. The number of benzene rings is 2. The van der Waals surface area contributed by atoms with Gasteiger partial charge in [-0.2, -0.15) is 17.6 Å². The highest BCUT2D eigenvalue weighted by atomic mass is 19.3. The highest BCUT2D eigenvalue weighted by Gasteiger charge is 2.35. The van der Waals surface area contributed by atoms with E-state index in [1.54, 1.807) is 19.1 Å². The van der Waals surface area contributed by atoms with Gasteiger partial charge in [0.2, 0.25) is 5.91 Å². The van der Waals surface area contributed by atoms with Crippen LogP contribution in [0.4, 0.5) is 33.5 Å². The van der Waals surface area contributed by atoms with E-state index in [-0.39, 0.29) is 18.7 Å². The predicted molar refractivity (Wildman–Crippen MR) is 136 cm³/mol. The van der Waals surface area contributed by atoms with Gasteiger partial charge in [-0.3, -0.25) is 4.79 Å². The second-order valence-electron chi connectivity index (χ2n) is 9.14. The number of aliphatic hydroxyl groups excluding tert-OH is 1. The van der Waals surface area contributed by atoms with Crippen molar-refractivity contribution in [2.75, 3.05) is 30.4 Å². The van der Waals surface area contributed by atoms with Gasteiger partial charge >= 0.3 is 13.2 Å². The Morgan fingerprint density at radius 1 is 1.03 bits per heavy atom. The summed E-state index contributed by atoms with van der Waals surface area (Å²) in [6.45, 7) is -1.70. The summed E-state index contributed by atoms with van der Waals surface area (Å²) in [6.07, 6.45) is 1.42. The number of anilines is 2. The van der Waals surface area contributed by atoms with Gasteiger partial charge in [-0.05, 0) is 67.8 Å². The van der Waals surface area contributed by atoms with E-state index in [0.29, 0.717) is 28.2 Å². The molecule has 0 saturated carbocycles. The Morgan fingerprint density at radius 3 is 2.18 bits per heavy atom. The Bertz CT molecular complexity index is 1290. The molecule has 2 aromatic carbocycles. The minimum absolute atomic E-state index is 0.0851. The molecule has 0 aliphatic rings. The number of hydrogen-bond acceptors (Lipinski definition) is 6. The molecule has 0 atom stereocenters. The molecule has 12 heteroatoms. The number of aryl methyl sites for hydroxylation is 1. The molecule has 0 unspecified atom stereocenters. The smallest absolute Gasteiger partial charge is 0.387 e. The monoisotopic (exact) mass is 553 g/mol. The van der Waals surface area contributed by atoms with Crippen molar-refractivity contribution >= 4 is 17.4 Å². The molecule has 0 saturated heterocycles. The first-order valence-electron chi connectivity index (χ1n) is 11.8. The van der Waals surface area contributed by atoms with E-state index in [0.717, 1.165) is 18.2 Å². The molecule has 0 bridgehead atoms. The normalized spacial score (nSPS) is 11.6. The molecule has 1 heterocycles. The maximum Gasteiger partial charge on any atom is 0.387 e. The molecule has 2 N–H and O–H groups in total. The van der Waals surface area contributed by atoms with Crippen LogP contribution in [0.2, 0.25) is 0 Å². The lowest BCUT2D eigenvalue weighted by Crippen LogP contribution is -2.41. The Kier molecular flexibility index (Phi) is 9.33. The SMILES string of the molecule is Cc1cc(F)ccc1-c1cc(NCCO)ncc1N(C)C(=O)C(C)(C)c1cc(OC(F)F)cc(OC(F)F)c1. The van der Waals surface area contributed by atoms with Crippen molar-refractivity contribution in [3.05, 3.63) is 65.6 Å². The number of amides is 1. The van der Waals surface area contributed by atoms with Crippen molar-refractivity contribution in [1.29, 1.82) is 0 Å². The van der Waals surface area contributed by atoms with Crippen LogP contribution in [0.25, 0.3) is 11.1 Å². The Labute approximate surface area is 222 Å². The molecular weight excluding hydrogens is 525 g/mol. The molecular formula is C27H28F5N3O4. The van der Waals surface area contributed by atoms with Crippen molar-refractivity contribution in [2.24, 2.45) is 0 Å². The van der Waals surface area contributed by atoms with Crippen LogP contribution in [-0.2, 0) is 10.2 Å². The number of halogens is 5. The van der Waals surface area contributed by atoms with Gasteiger partial charge < -0.3 is 24.8 Å². The second kappa shape index (κ2) is 12.3. The molecule has 0 radical (unpaired) electrons. The molecule has 3 rings (SSSR count). The van der Waals surface area contributed by atoms with E-state index in [2.05, 4.69) is 19.8 Å². The quantitative estimate of drug-likeness (QED) is 0.295. The molecule has 0 aliphatic heterocycles. The van der Waals surface area contributed by atoms with E-state index in [1.165, 1.54) is 44.1 Å². The van der Waals surface area contributed by atoms with E-state index in [1.807, 2.05) is 0 Å². The van der Waals surface area contributed by atoms with Crippen molar-refractivity contribution < 1.29 is 41.3 Å². The van der Waals surface area contributed by atoms with Gasteiger partial charge in [0.1, 0.15) is 23.1 Å². The summed E-state index contributed by atoms with van der Waals surface area (Å²) in [6, 6.07) is 9.01. The van der Waals surface area contributed by atoms with Crippen molar-refractivity contribution in [2.45, 2.75) is 39.4 Å². The van der Waals surface area contributed by atoms with Gasteiger partial charge in [-0.25, -0.2) is 9.37 Å². The standard InChI is InChI=1S/C27H28F5N3O4/c1-15-9-17(28)5-6-20(15)21-13-23(33-7-8-36)34-14-22(21)35(4)24(37)27(2,3)16-10-18(38-25(29)30)12-19(11-16)39-26(31)32/h5-6,9-14,25-26,36H,7-8H2,1-4H3,(H,33,34). The van der Waals surface area contributed by atoms with Crippen LogP contribution >= 0.6 is 0 Å². The van der Waals surface area contributed by atoms with Crippen LogP contribution in [0.5, 0.6) is 11.5 Å². The van der Waals surface area contributed by atoms with Crippen LogP contribution in [0.1, 0.15) is 25.0 Å². The lowest BCUT2D eigenvalue weighted by Gasteiger charge is -2.31. The zero-order chi connectivity index (χ0) is 28.9. The summed E-state index contributed by atoms with van der Waals surface area (Å²) in [7, 11) is 1.47. The Hall–Kier alpha value is -3.93. The number of nitrogens with one attached hydrogen (secondary N) is 1. The molecule has 0 spiro atoms. The first-order chi connectivity index (χ1) is 18.3. The lowest BCUT2D eigenvalue weighted by atomic mass is 9.82. The number of carbonyl (C=O) groups is 1. The van der Waals surface area contributed by atoms with Crippen LogP contribution in [-0.4, -0.2) is 49.4 Å². The van der Waals surface area contributed by atoms with Gasteiger partial charge in [0.25, 0.3) is 0 Å². The third kappa shape index (κ3) is 7.14. The summed E-state index contributed by atoms with van der Waals surface area (Å²) in [4.78, 5) is 19.4. The van der Waals surface area contributed by atoms with Crippen molar-refractivity contribution in [1.82, 2.24) is 4.98 Å². The average Bonchev–Trinajstić information content (AvgIpc) is 2.85. The number of nitrogens with zero attached hydrogens (tertiary/aromatic N) is 2. The van der Waals surface area contributed by atoms with E-state index in [9.17, 15) is 26.7 Å². The van der Waals surface area contributed by atoms with Crippen LogP contribution in [0.3, 0.4) is 0 Å². The molecule has 0 fully saturated rings. The number of hydrogen-bond donors (Lipinski definition) is 2. The largest absolute Gasteiger partial charge is 0.435 e. The zero-order valence-electron chi connectivity index (χ0n) is 21.6. The van der Waals surface area contributed by atoms with Crippen molar-refractivity contribution in [3.63, 3.8) is 0 Å². The predicted octanol–water partition coefficient (Wildman–Crippen LogP) is 5.74. The number of ether oxygens (including phenoxy) is 2. The molecule has 1 amide bonds. The number of aromatic nitrogens is 1. The number of aliphatic hydroxyl groups is 1. The number of pyridine rings is 1. The second-order valence-corrected chi connectivity index (χ2v) is 9.14. The Balaban J connectivity index is 2.08. The third-order valence-corrected chi connectivity index (χ3v) is 6.03. The van der Waals surface area contributed by atoms with Gasteiger partial charge in [0.15, 0.2) is 0 Å². The third-order valence-electron chi connectivity index (χ3n) is 6.03.